The molecule has 0 spiro atoms. The molecule has 3 N–H and O–H groups in total. The van der Waals surface area contributed by atoms with Crippen molar-refractivity contribution in [2.45, 2.75) is 18.0 Å². The Balaban J connectivity index is 2.20. The number of sulfonamides is 1. The Kier molecular flexibility index (Phi) is 4.61. The first-order valence-electron chi connectivity index (χ1n) is 6.01. The second-order valence-electron chi connectivity index (χ2n) is 4.23. The van der Waals surface area contributed by atoms with Crippen LogP contribution >= 0.6 is 0 Å². The lowest BCUT2D eigenvalue weighted by molar-refractivity contribution is 0.506. The summed E-state index contributed by atoms with van der Waals surface area (Å²) in [5, 5.41) is 0. The highest BCUT2D eigenvalue weighted by molar-refractivity contribution is 7.89. The van der Waals surface area contributed by atoms with Crippen LogP contribution in [0.4, 0.5) is 8.78 Å². The quantitative estimate of drug-likeness (QED) is 0.871. The van der Waals surface area contributed by atoms with Crippen molar-refractivity contribution >= 4 is 10.0 Å². The van der Waals surface area contributed by atoms with Crippen LogP contribution in [0.3, 0.4) is 0 Å². The minimum absolute atomic E-state index is 0.0255. The molecule has 8 heteroatoms. The molecule has 0 saturated heterocycles. The van der Waals surface area contributed by atoms with Crippen molar-refractivity contribution < 1.29 is 17.2 Å². The highest BCUT2D eigenvalue weighted by Gasteiger charge is 2.18. The van der Waals surface area contributed by atoms with Crippen LogP contribution in [0, 0.1) is 11.6 Å². The Labute approximate surface area is 120 Å². The lowest BCUT2D eigenvalue weighted by Gasteiger charge is -2.09. The van der Waals surface area contributed by atoms with Crippen molar-refractivity contribution in [3.05, 3.63) is 59.4 Å². The summed E-state index contributed by atoms with van der Waals surface area (Å²) in [5.41, 5.74) is 5.98. The SMILES string of the molecule is NCc1ncccc1S(=O)(=O)NCc1ccc(F)c(F)c1. The number of aromatic nitrogens is 1. The zero-order chi connectivity index (χ0) is 15.5. The molecule has 0 unspecified atom stereocenters. The molecule has 0 atom stereocenters. The molecule has 2 aromatic rings. The number of hydrogen-bond acceptors (Lipinski definition) is 4. The molecule has 0 aliphatic rings. The van der Waals surface area contributed by atoms with Gasteiger partial charge in [0.05, 0.1) is 5.69 Å². The van der Waals surface area contributed by atoms with Crippen LogP contribution in [-0.4, -0.2) is 13.4 Å². The minimum atomic E-state index is -3.83. The second-order valence-corrected chi connectivity index (χ2v) is 5.96. The van der Waals surface area contributed by atoms with Gasteiger partial charge in [-0.05, 0) is 29.8 Å². The standard InChI is InChI=1S/C13H13F2N3O2S/c14-10-4-3-9(6-11(10)15)8-18-21(19,20)13-2-1-5-17-12(13)7-16/h1-6,18H,7-8,16H2. The summed E-state index contributed by atoms with van der Waals surface area (Å²) in [6.07, 6.45) is 1.44. The molecule has 0 saturated carbocycles. The van der Waals surface area contributed by atoms with Gasteiger partial charge in [-0.2, -0.15) is 0 Å². The Morgan fingerprint density at radius 1 is 1.19 bits per heavy atom. The van der Waals surface area contributed by atoms with Gasteiger partial charge in [-0.25, -0.2) is 21.9 Å². The van der Waals surface area contributed by atoms with Crippen LogP contribution in [0.5, 0.6) is 0 Å². The maximum Gasteiger partial charge on any atom is 0.242 e. The fourth-order valence-corrected chi connectivity index (χ4v) is 2.94. The lowest BCUT2D eigenvalue weighted by Crippen LogP contribution is -2.25. The number of nitrogens with one attached hydrogen (secondary N) is 1. The fourth-order valence-electron chi connectivity index (χ4n) is 1.73. The Morgan fingerprint density at radius 3 is 2.62 bits per heavy atom. The Hall–Kier alpha value is -1.90. The predicted octanol–water partition coefficient (Wildman–Crippen LogP) is 1.30. The maximum absolute atomic E-state index is 13.1. The molecule has 0 fully saturated rings. The van der Waals surface area contributed by atoms with Gasteiger partial charge in [0.2, 0.25) is 10.0 Å². The number of halogens is 2. The number of nitrogens with zero attached hydrogens (tertiary/aromatic N) is 1. The summed E-state index contributed by atoms with van der Waals surface area (Å²) in [4.78, 5) is 3.86. The van der Waals surface area contributed by atoms with Crippen LogP contribution in [-0.2, 0) is 23.1 Å². The van der Waals surface area contributed by atoms with Crippen molar-refractivity contribution in [3.8, 4) is 0 Å². The van der Waals surface area contributed by atoms with Gasteiger partial charge in [0.1, 0.15) is 4.90 Å². The highest BCUT2D eigenvalue weighted by Crippen LogP contribution is 2.14. The number of benzene rings is 1. The van der Waals surface area contributed by atoms with Crippen molar-refractivity contribution in [2.24, 2.45) is 5.73 Å². The summed E-state index contributed by atoms with van der Waals surface area (Å²) in [6, 6.07) is 6.03. The van der Waals surface area contributed by atoms with Gasteiger partial charge in [-0.15, -0.1) is 0 Å². The molecular weight excluding hydrogens is 300 g/mol. The Bertz CT molecular complexity index is 751. The smallest absolute Gasteiger partial charge is 0.242 e. The van der Waals surface area contributed by atoms with Gasteiger partial charge in [0, 0.05) is 19.3 Å². The van der Waals surface area contributed by atoms with Gasteiger partial charge >= 0.3 is 0 Å². The zero-order valence-electron chi connectivity index (χ0n) is 10.9. The molecule has 5 nitrogen and oxygen atoms in total. The van der Waals surface area contributed by atoms with E-state index in [0.717, 1.165) is 12.1 Å². The maximum atomic E-state index is 13.1. The van der Waals surface area contributed by atoms with E-state index in [9.17, 15) is 17.2 Å². The average molecular weight is 313 g/mol. The number of hydrogen-bond donors (Lipinski definition) is 2. The molecule has 112 valence electrons. The first-order chi connectivity index (χ1) is 9.94. The van der Waals surface area contributed by atoms with E-state index in [-0.39, 0.29) is 23.7 Å². The topological polar surface area (TPSA) is 85.1 Å². The zero-order valence-corrected chi connectivity index (χ0v) is 11.7. The Morgan fingerprint density at radius 2 is 1.95 bits per heavy atom. The van der Waals surface area contributed by atoms with E-state index in [1.165, 1.54) is 24.4 Å². The summed E-state index contributed by atoms with van der Waals surface area (Å²) < 4.78 is 52.5. The van der Waals surface area contributed by atoms with Crippen LogP contribution < -0.4 is 10.5 Å². The molecule has 1 aromatic heterocycles. The van der Waals surface area contributed by atoms with Gasteiger partial charge < -0.3 is 5.73 Å². The number of pyridine rings is 1. The highest BCUT2D eigenvalue weighted by atomic mass is 32.2. The van der Waals surface area contributed by atoms with Gasteiger partial charge in [-0.3, -0.25) is 4.98 Å². The monoisotopic (exact) mass is 313 g/mol. The van der Waals surface area contributed by atoms with Crippen LogP contribution in [0.1, 0.15) is 11.3 Å². The average Bonchev–Trinajstić information content (AvgIpc) is 2.48. The number of nitrogens with two attached hydrogens (primary N) is 1. The van der Waals surface area contributed by atoms with Crippen molar-refractivity contribution in [3.63, 3.8) is 0 Å². The van der Waals surface area contributed by atoms with Gasteiger partial charge in [0.15, 0.2) is 11.6 Å². The minimum Gasteiger partial charge on any atom is -0.325 e. The molecular formula is C13H13F2N3O2S. The van der Waals surface area contributed by atoms with E-state index < -0.39 is 21.7 Å². The lowest BCUT2D eigenvalue weighted by atomic mass is 10.2. The molecule has 0 bridgehead atoms. The molecule has 0 radical (unpaired) electrons. The fraction of sp³-hybridized carbons (Fsp3) is 0.154. The first-order valence-corrected chi connectivity index (χ1v) is 7.50. The largest absolute Gasteiger partial charge is 0.325 e. The molecule has 21 heavy (non-hydrogen) atoms. The van der Waals surface area contributed by atoms with E-state index in [2.05, 4.69) is 9.71 Å². The van der Waals surface area contributed by atoms with Gasteiger partial charge in [0.25, 0.3) is 0 Å². The summed E-state index contributed by atoms with van der Waals surface area (Å²) in [6.45, 7) is -0.194. The van der Waals surface area contributed by atoms with E-state index in [1.807, 2.05) is 0 Å². The van der Waals surface area contributed by atoms with Gasteiger partial charge in [-0.1, -0.05) is 6.07 Å². The van der Waals surface area contributed by atoms with E-state index >= 15 is 0 Å². The summed E-state index contributed by atoms with van der Waals surface area (Å²) in [5.74, 6) is -2.02. The van der Waals surface area contributed by atoms with E-state index in [0.29, 0.717) is 5.56 Å². The van der Waals surface area contributed by atoms with Crippen molar-refractivity contribution in [1.82, 2.24) is 9.71 Å². The summed E-state index contributed by atoms with van der Waals surface area (Å²) >= 11 is 0. The van der Waals surface area contributed by atoms with E-state index in [1.54, 1.807) is 0 Å². The predicted molar refractivity (Wildman–Crippen MR) is 72.5 cm³/mol. The first kappa shape index (κ1) is 15.5. The second kappa shape index (κ2) is 6.25. The molecule has 2 rings (SSSR count). The molecule has 0 aliphatic carbocycles. The van der Waals surface area contributed by atoms with E-state index in [4.69, 9.17) is 5.73 Å². The third-order valence-corrected chi connectivity index (χ3v) is 4.26. The summed E-state index contributed by atoms with van der Waals surface area (Å²) in [7, 11) is -3.83. The number of rotatable bonds is 5. The van der Waals surface area contributed by atoms with Crippen molar-refractivity contribution in [2.75, 3.05) is 0 Å². The van der Waals surface area contributed by atoms with Crippen LogP contribution in [0.2, 0.25) is 0 Å². The van der Waals surface area contributed by atoms with Crippen LogP contribution in [0.25, 0.3) is 0 Å². The molecule has 1 heterocycles. The molecule has 0 aliphatic heterocycles. The third kappa shape index (κ3) is 3.60. The van der Waals surface area contributed by atoms with Crippen molar-refractivity contribution in [1.29, 1.82) is 0 Å². The third-order valence-electron chi connectivity index (χ3n) is 2.78. The molecule has 0 amide bonds. The molecule has 1 aromatic carbocycles. The van der Waals surface area contributed by atoms with Crippen LogP contribution in [0.15, 0.2) is 41.4 Å². The normalized spacial score (nSPS) is 11.6.